The lowest BCUT2D eigenvalue weighted by molar-refractivity contribution is -0.364. The van der Waals surface area contributed by atoms with Crippen molar-refractivity contribution in [1.29, 1.82) is 0 Å². The molecule has 3 fully saturated rings. The van der Waals surface area contributed by atoms with Crippen LogP contribution in [0.1, 0.15) is 37.4 Å². The maximum absolute atomic E-state index is 13.6. The van der Waals surface area contributed by atoms with E-state index in [9.17, 15) is 65.8 Å². The summed E-state index contributed by atoms with van der Waals surface area (Å²) in [5.41, 5.74) is -0.108. The molecule has 19 heteroatoms. The zero-order valence-corrected chi connectivity index (χ0v) is 27.4. The molecule has 19 nitrogen and oxygen atoms in total. The Balaban J connectivity index is 1.19. The standard InChI is InChI=1S/C33H40O19/c1-10-5-12-19(24(41)18-11(20(12)37)3-2-4-13(18)36)14(6-10)48-32-27(44)26(43)22(39)17(51-32)9-47-31-29(46)30(23(40)16(8-35)49-31)52-33-28(45)25(42)21(38)15(7-34)50-33/h2-6,15-17,21-23,25-36,38-40,42-46H,7-9H2,1H3/t15-,16-,17-,21-,22-,23-,25-,26-,27-,28-,29-,30-,31-,32-,33+/m1/s1. The summed E-state index contributed by atoms with van der Waals surface area (Å²) < 4.78 is 33.5. The molecule has 3 saturated heterocycles. The van der Waals surface area contributed by atoms with E-state index in [-0.39, 0.29) is 28.0 Å². The molecule has 0 bridgehead atoms. The Morgan fingerprint density at radius 2 is 1.23 bits per heavy atom. The summed E-state index contributed by atoms with van der Waals surface area (Å²) >= 11 is 0. The highest BCUT2D eigenvalue weighted by Crippen LogP contribution is 2.39. The zero-order chi connectivity index (χ0) is 37.8. The number of hydrogen-bond acceptors (Lipinski definition) is 19. The van der Waals surface area contributed by atoms with E-state index in [1.807, 2.05) is 0 Å². The van der Waals surface area contributed by atoms with Gasteiger partial charge in [0.05, 0.1) is 30.9 Å². The van der Waals surface area contributed by atoms with E-state index < -0.39 is 129 Å². The Hall–Kier alpha value is -3.22. The maximum Gasteiger partial charge on any atom is 0.229 e. The van der Waals surface area contributed by atoms with Crippen molar-refractivity contribution in [3.8, 4) is 11.5 Å². The number of aliphatic hydroxyl groups excluding tert-OH is 10. The van der Waals surface area contributed by atoms with Crippen LogP contribution in [0.3, 0.4) is 0 Å². The highest BCUT2D eigenvalue weighted by molar-refractivity contribution is 6.30. The number of carbonyl (C=O) groups excluding carboxylic acids is 2. The van der Waals surface area contributed by atoms with Crippen LogP contribution in [0.2, 0.25) is 0 Å². The Morgan fingerprint density at radius 1 is 0.635 bits per heavy atom. The predicted molar refractivity (Wildman–Crippen MR) is 166 cm³/mol. The summed E-state index contributed by atoms with van der Waals surface area (Å²) in [6, 6.07) is 6.85. The second-order valence-corrected chi connectivity index (χ2v) is 13.0. The minimum Gasteiger partial charge on any atom is -0.507 e. The Kier molecular flexibility index (Phi) is 11.3. The van der Waals surface area contributed by atoms with Crippen LogP contribution in [-0.2, 0) is 23.7 Å². The van der Waals surface area contributed by atoms with E-state index in [1.54, 1.807) is 6.92 Å². The topological polar surface area (TPSA) is 312 Å². The molecule has 11 N–H and O–H groups in total. The third-order valence-corrected chi connectivity index (χ3v) is 9.53. The molecule has 286 valence electrons. The van der Waals surface area contributed by atoms with Gasteiger partial charge in [-0.3, -0.25) is 9.59 Å². The van der Waals surface area contributed by atoms with Crippen LogP contribution in [0.15, 0.2) is 30.3 Å². The zero-order valence-electron chi connectivity index (χ0n) is 27.4. The highest BCUT2D eigenvalue weighted by atomic mass is 16.7. The number of benzene rings is 2. The van der Waals surface area contributed by atoms with Gasteiger partial charge < -0.3 is 84.6 Å². The number of phenolic OH excluding ortho intramolecular Hbond substituents is 1. The van der Waals surface area contributed by atoms with Crippen LogP contribution in [0.5, 0.6) is 11.5 Å². The number of fused-ring (bicyclic) bond motifs is 2. The molecule has 6 rings (SSSR count). The molecule has 2 aromatic carbocycles. The normalized spacial score (nSPS) is 39.2. The summed E-state index contributed by atoms with van der Waals surface area (Å²) in [6.07, 6.45) is -26.3. The predicted octanol–water partition coefficient (Wildman–Crippen LogP) is -4.70. The molecule has 0 saturated carbocycles. The van der Waals surface area contributed by atoms with E-state index >= 15 is 0 Å². The smallest absolute Gasteiger partial charge is 0.229 e. The molecular weight excluding hydrogens is 700 g/mol. The Labute approximate surface area is 294 Å². The summed E-state index contributed by atoms with van der Waals surface area (Å²) in [7, 11) is 0. The fourth-order valence-corrected chi connectivity index (χ4v) is 6.65. The van der Waals surface area contributed by atoms with Crippen molar-refractivity contribution in [2.75, 3.05) is 19.8 Å². The maximum atomic E-state index is 13.6. The van der Waals surface area contributed by atoms with Gasteiger partial charge in [0.25, 0.3) is 0 Å². The summed E-state index contributed by atoms with van der Waals surface area (Å²) in [6.45, 7) is -0.729. The second-order valence-electron chi connectivity index (χ2n) is 13.0. The van der Waals surface area contributed by atoms with Gasteiger partial charge in [-0.05, 0) is 30.7 Å². The van der Waals surface area contributed by atoms with Gasteiger partial charge in [0.2, 0.25) is 12.1 Å². The van der Waals surface area contributed by atoms with Crippen molar-refractivity contribution in [3.63, 3.8) is 0 Å². The number of aryl methyl sites for hydroxylation is 1. The molecule has 3 heterocycles. The number of aliphatic hydroxyl groups is 10. The van der Waals surface area contributed by atoms with Crippen molar-refractivity contribution < 1.29 is 94.2 Å². The van der Waals surface area contributed by atoms with Gasteiger partial charge in [0.1, 0.15) is 84.7 Å². The van der Waals surface area contributed by atoms with Crippen molar-refractivity contribution in [2.24, 2.45) is 0 Å². The number of ether oxygens (including phenoxy) is 6. The first-order chi connectivity index (χ1) is 24.7. The lowest BCUT2D eigenvalue weighted by Crippen LogP contribution is -2.65. The van der Waals surface area contributed by atoms with Gasteiger partial charge in [0.15, 0.2) is 18.4 Å². The number of hydrogen-bond donors (Lipinski definition) is 11. The van der Waals surface area contributed by atoms with Crippen LogP contribution < -0.4 is 4.74 Å². The third kappa shape index (κ3) is 6.83. The van der Waals surface area contributed by atoms with Gasteiger partial charge >= 0.3 is 0 Å². The van der Waals surface area contributed by atoms with Crippen LogP contribution in [0, 0.1) is 6.92 Å². The molecule has 0 unspecified atom stereocenters. The summed E-state index contributed by atoms with van der Waals surface area (Å²) in [5, 5.41) is 114. The summed E-state index contributed by atoms with van der Waals surface area (Å²) in [4.78, 5) is 26.9. The van der Waals surface area contributed by atoms with Gasteiger partial charge in [0, 0.05) is 11.1 Å². The van der Waals surface area contributed by atoms with E-state index in [1.165, 1.54) is 30.3 Å². The first kappa shape index (κ1) is 38.5. The minimum absolute atomic E-state index is 0.0253. The minimum atomic E-state index is -1.93. The van der Waals surface area contributed by atoms with E-state index in [0.29, 0.717) is 5.56 Å². The van der Waals surface area contributed by atoms with Gasteiger partial charge in [-0.25, -0.2) is 0 Å². The summed E-state index contributed by atoms with van der Waals surface area (Å²) in [5.74, 6) is -2.02. The molecule has 52 heavy (non-hydrogen) atoms. The molecule has 15 atom stereocenters. The first-order valence-electron chi connectivity index (χ1n) is 16.3. The lowest BCUT2D eigenvalue weighted by atomic mass is 9.82. The van der Waals surface area contributed by atoms with Crippen molar-refractivity contribution in [1.82, 2.24) is 0 Å². The monoisotopic (exact) mass is 740 g/mol. The van der Waals surface area contributed by atoms with E-state index in [0.717, 1.165) is 0 Å². The van der Waals surface area contributed by atoms with Crippen LogP contribution in [-0.4, -0.2) is 180 Å². The largest absolute Gasteiger partial charge is 0.507 e. The van der Waals surface area contributed by atoms with Gasteiger partial charge in [-0.15, -0.1) is 0 Å². The molecule has 0 amide bonds. The Morgan fingerprint density at radius 3 is 1.90 bits per heavy atom. The molecule has 3 aliphatic heterocycles. The van der Waals surface area contributed by atoms with E-state index in [4.69, 9.17) is 28.4 Å². The molecular formula is C33H40O19. The molecule has 1 aliphatic carbocycles. The fourth-order valence-electron chi connectivity index (χ4n) is 6.65. The molecule has 4 aliphatic rings. The average Bonchev–Trinajstić information content (AvgIpc) is 3.12. The lowest BCUT2D eigenvalue weighted by Gasteiger charge is -2.46. The van der Waals surface area contributed by atoms with Crippen molar-refractivity contribution in [3.05, 3.63) is 58.1 Å². The SMILES string of the molecule is Cc1cc(O[C@@H]2O[C@H](CO[C@@H]3O[C@H](CO)[C@@H](O)[C@@H](O[C@@H]4O[C@H](CO)[C@@H](O)[C@@H](O)[C@H]4O)[C@H]3O)[C@@H](O)[C@@H](O)[C@H]2O)c2c(c1)C(=O)c1cccc(O)c1C2=O. The van der Waals surface area contributed by atoms with Crippen molar-refractivity contribution in [2.45, 2.75) is 99.0 Å². The van der Waals surface area contributed by atoms with Crippen LogP contribution in [0.25, 0.3) is 0 Å². The molecule has 0 aromatic heterocycles. The number of rotatable bonds is 9. The Bertz CT molecular complexity index is 1630. The van der Waals surface area contributed by atoms with Gasteiger partial charge in [-0.2, -0.15) is 0 Å². The van der Waals surface area contributed by atoms with Crippen LogP contribution in [0.4, 0.5) is 0 Å². The molecule has 0 spiro atoms. The van der Waals surface area contributed by atoms with Crippen LogP contribution >= 0.6 is 0 Å². The number of phenols is 1. The number of carbonyl (C=O) groups is 2. The number of ketones is 2. The average molecular weight is 741 g/mol. The number of aromatic hydroxyl groups is 1. The quantitative estimate of drug-likeness (QED) is 0.0982. The fraction of sp³-hybridized carbons (Fsp3) is 0.576. The molecule has 2 aromatic rings. The highest BCUT2D eigenvalue weighted by Gasteiger charge is 2.52. The van der Waals surface area contributed by atoms with Gasteiger partial charge in [-0.1, -0.05) is 12.1 Å². The molecule has 0 radical (unpaired) electrons. The van der Waals surface area contributed by atoms with Crippen molar-refractivity contribution >= 4 is 11.6 Å². The third-order valence-electron chi connectivity index (χ3n) is 9.53. The van der Waals surface area contributed by atoms with E-state index in [2.05, 4.69) is 0 Å². The second kappa shape index (κ2) is 15.3. The first-order valence-corrected chi connectivity index (χ1v) is 16.3.